The number of hydrogen-bond donors (Lipinski definition) is 13. The van der Waals surface area contributed by atoms with Crippen LogP contribution in [-0.4, -0.2) is 165 Å². The zero-order chi connectivity index (χ0) is 61.0. The van der Waals surface area contributed by atoms with E-state index in [1.807, 2.05) is 0 Å². The van der Waals surface area contributed by atoms with Crippen LogP contribution in [0.4, 0.5) is 0 Å². The first-order chi connectivity index (χ1) is 37.5. The van der Waals surface area contributed by atoms with Crippen molar-refractivity contribution in [2.45, 2.75) is 240 Å². The van der Waals surface area contributed by atoms with E-state index >= 15 is 0 Å². The van der Waals surface area contributed by atoms with E-state index in [1.165, 1.54) is 6.92 Å². The SMILES string of the molecule is CCCCCCC[C@@H](O)CC(=O)N[C@@H](CC(C)C)C(=O)N[C@H](CCC(=O)O)C(=O)N[C@H]1C(=O)N[C@H]([C@@H](C)CC)C(=O)N[C@@H](CC(C)C)C(=O)N[C@H](CO)C(=O)N[C@@H](CC(C)C)C(=O)N[C@H](CO)C(=O)N[C@@H]([C@@H](C)CC)C(=O)O[C@@H]1C. The molecule has 0 unspecified atom stereocenters. The van der Waals surface area contributed by atoms with Gasteiger partial charge in [0, 0.05) is 6.42 Å². The number of aliphatic hydroxyl groups excluding tert-OH is 3. The zero-order valence-electron chi connectivity index (χ0n) is 49.2. The van der Waals surface area contributed by atoms with E-state index < -0.39 is 170 Å². The Labute approximate surface area is 471 Å². The van der Waals surface area contributed by atoms with Gasteiger partial charge in [-0.15, -0.1) is 0 Å². The summed E-state index contributed by atoms with van der Waals surface area (Å²) in [6.45, 7) is 18.5. The normalized spacial score (nSPS) is 24.2. The van der Waals surface area contributed by atoms with Crippen LogP contribution >= 0.6 is 0 Å². The molecule has 1 heterocycles. The highest BCUT2D eigenvalue weighted by molar-refractivity contribution is 5.99. The Hall–Kier alpha value is -5.95. The van der Waals surface area contributed by atoms with Gasteiger partial charge >= 0.3 is 11.9 Å². The van der Waals surface area contributed by atoms with Gasteiger partial charge < -0.3 is 73.0 Å². The summed E-state index contributed by atoms with van der Waals surface area (Å²) in [7, 11) is 0. The number of esters is 1. The largest absolute Gasteiger partial charge is 0.481 e. The quantitative estimate of drug-likeness (QED) is 0.0374. The number of hydrogen-bond acceptors (Lipinski definition) is 15. The number of cyclic esters (lactones) is 1. The van der Waals surface area contributed by atoms with Gasteiger partial charge in [-0.05, 0) is 68.6 Å². The fourth-order valence-electron chi connectivity index (χ4n) is 8.78. The molecule has 0 radical (unpaired) electrons. The summed E-state index contributed by atoms with van der Waals surface area (Å²) in [6, 6.07) is -14.1. The molecule has 1 rings (SSSR count). The van der Waals surface area contributed by atoms with Crippen molar-refractivity contribution in [3.63, 3.8) is 0 Å². The molecule has 13 atom stereocenters. The number of ether oxygens (including phenoxy) is 1. The molecular formula is C55H97N9O16. The molecule has 1 aliphatic heterocycles. The third kappa shape index (κ3) is 26.1. The highest BCUT2D eigenvalue weighted by Crippen LogP contribution is 2.17. The summed E-state index contributed by atoms with van der Waals surface area (Å²) in [6.07, 6.45) is 1.31. The number of aliphatic carboxylic acids is 1. The van der Waals surface area contributed by atoms with Crippen molar-refractivity contribution in [3.8, 4) is 0 Å². The lowest BCUT2D eigenvalue weighted by atomic mass is 9.96. The van der Waals surface area contributed by atoms with Gasteiger partial charge in [0.05, 0.1) is 25.7 Å². The van der Waals surface area contributed by atoms with Crippen LogP contribution in [0.2, 0.25) is 0 Å². The summed E-state index contributed by atoms with van der Waals surface area (Å²) < 4.78 is 5.85. The topological polar surface area (TPSA) is 386 Å². The van der Waals surface area contributed by atoms with E-state index in [1.54, 1.807) is 69.2 Å². The van der Waals surface area contributed by atoms with Crippen LogP contribution in [0, 0.1) is 29.6 Å². The average molecular weight is 1140 g/mol. The molecule has 25 heteroatoms. The molecule has 1 saturated heterocycles. The number of carboxylic acid groups (broad SMARTS) is 1. The molecule has 13 N–H and O–H groups in total. The van der Waals surface area contributed by atoms with Crippen LogP contribution in [0.25, 0.3) is 0 Å². The minimum absolute atomic E-state index is 0.00960. The summed E-state index contributed by atoms with van der Waals surface area (Å²) >= 11 is 0. The van der Waals surface area contributed by atoms with E-state index in [4.69, 9.17) is 4.74 Å². The molecule has 80 heavy (non-hydrogen) atoms. The average Bonchev–Trinajstić information content (AvgIpc) is 3.38. The van der Waals surface area contributed by atoms with Crippen molar-refractivity contribution in [2.75, 3.05) is 13.2 Å². The number of amides is 9. The van der Waals surface area contributed by atoms with Crippen molar-refractivity contribution >= 4 is 65.1 Å². The standard InChI is InChI=1S/C55H97N9O16/c1-13-16-17-18-19-20-35(67)26-42(68)56-37(23-29(4)5)48(72)57-36(21-22-43(69)70)47(71)64-46-34(12)80-55(79)45(33(11)15-3)63-52(76)41(28-66)61-49(73)38(24-30(6)7)58-51(75)40(27-65)60-50(74)39(25-31(8)9)59-53(77)44(32(10)14-2)62-54(46)78/h29-41,44-46,65-67H,13-28H2,1-12H3,(H,56,68)(H,57,72)(H,58,75)(H,59,77)(H,60,74)(H,61,73)(H,62,78)(H,63,76)(H,64,71)(H,69,70)/t32-,33-,34+,35+,36+,37-,38-,39-,40+,41+,44+,45-,46+/m0/s1. The van der Waals surface area contributed by atoms with Gasteiger partial charge in [0.25, 0.3) is 0 Å². The maximum Gasteiger partial charge on any atom is 0.329 e. The fourth-order valence-corrected chi connectivity index (χ4v) is 8.78. The number of carbonyl (C=O) groups is 11. The minimum Gasteiger partial charge on any atom is -0.481 e. The molecule has 0 spiro atoms. The lowest BCUT2D eigenvalue weighted by Gasteiger charge is -2.32. The summed E-state index contributed by atoms with van der Waals surface area (Å²) in [4.78, 5) is 153. The third-order valence-corrected chi connectivity index (χ3v) is 13.9. The highest BCUT2D eigenvalue weighted by atomic mass is 16.5. The molecule has 0 bridgehead atoms. The first-order valence-corrected chi connectivity index (χ1v) is 28.6. The Balaban J connectivity index is 4.04. The number of rotatable bonds is 28. The molecule has 458 valence electrons. The number of carbonyl (C=O) groups excluding carboxylic acids is 10. The summed E-state index contributed by atoms with van der Waals surface area (Å²) in [5.74, 6) is -13.3. The summed E-state index contributed by atoms with van der Waals surface area (Å²) in [5, 5.41) is 63.7. The van der Waals surface area contributed by atoms with Gasteiger partial charge in [0.1, 0.15) is 60.5 Å². The lowest BCUT2D eigenvalue weighted by molar-refractivity contribution is -0.158. The Morgan fingerprint density at radius 2 is 1.04 bits per heavy atom. The van der Waals surface area contributed by atoms with Crippen molar-refractivity contribution in [1.82, 2.24) is 47.9 Å². The van der Waals surface area contributed by atoms with Gasteiger partial charge in [0.2, 0.25) is 53.2 Å². The van der Waals surface area contributed by atoms with Gasteiger partial charge in [0.15, 0.2) is 0 Å². The molecular weight excluding hydrogens is 1040 g/mol. The Morgan fingerprint density at radius 3 is 1.52 bits per heavy atom. The molecule has 0 aromatic rings. The smallest absolute Gasteiger partial charge is 0.329 e. The first kappa shape index (κ1) is 72.1. The second kappa shape index (κ2) is 37.1. The van der Waals surface area contributed by atoms with E-state index in [-0.39, 0.29) is 56.3 Å². The number of unbranched alkanes of at least 4 members (excludes halogenated alkanes) is 4. The lowest BCUT2D eigenvalue weighted by Crippen LogP contribution is -2.64. The van der Waals surface area contributed by atoms with Crippen LogP contribution < -0.4 is 47.9 Å². The second-order valence-electron chi connectivity index (χ2n) is 22.5. The predicted molar refractivity (Wildman–Crippen MR) is 295 cm³/mol. The van der Waals surface area contributed by atoms with Crippen molar-refractivity contribution in [3.05, 3.63) is 0 Å². The molecule has 1 fully saturated rings. The zero-order valence-corrected chi connectivity index (χ0v) is 49.2. The van der Waals surface area contributed by atoms with E-state index in [9.17, 15) is 73.2 Å². The molecule has 25 nitrogen and oxygen atoms in total. The van der Waals surface area contributed by atoms with Crippen molar-refractivity contribution in [1.29, 1.82) is 0 Å². The molecule has 9 amide bonds. The van der Waals surface area contributed by atoms with Gasteiger partial charge in [-0.25, -0.2) is 4.79 Å². The first-order valence-electron chi connectivity index (χ1n) is 28.6. The highest BCUT2D eigenvalue weighted by Gasteiger charge is 2.41. The third-order valence-electron chi connectivity index (χ3n) is 13.9. The number of aliphatic hydroxyl groups is 3. The molecule has 0 saturated carbocycles. The van der Waals surface area contributed by atoms with Crippen LogP contribution in [0.3, 0.4) is 0 Å². The molecule has 0 aromatic carbocycles. The monoisotopic (exact) mass is 1140 g/mol. The van der Waals surface area contributed by atoms with Crippen LogP contribution in [0.5, 0.6) is 0 Å². The van der Waals surface area contributed by atoms with Crippen LogP contribution in [0.1, 0.15) is 173 Å². The van der Waals surface area contributed by atoms with Crippen LogP contribution in [0.15, 0.2) is 0 Å². The maximum atomic E-state index is 14.8. The van der Waals surface area contributed by atoms with E-state index in [0.29, 0.717) is 12.8 Å². The number of carboxylic acids is 1. The fraction of sp³-hybridized carbons (Fsp3) is 0.800. The van der Waals surface area contributed by atoms with E-state index in [0.717, 1.165) is 25.7 Å². The summed E-state index contributed by atoms with van der Waals surface area (Å²) in [5.41, 5.74) is 0. The minimum atomic E-state index is -1.95. The Morgan fingerprint density at radius 1 is 0.562 bits per heavy atom. The number of nitrogens with one attached hydrogen (secondary N) is 9. The van der Waals surface area contributed by atoms with Crippen molar-refractivity contribution in [2.24, 2.45) is 29.6 Å². The van der Waals surface area contributed by atoms with Crippen LogP contribution in [-0.2, 0) is 57.5 Å². The molecule has 0 aliphatic carbocycles. The van der Waals surface area contributed by atoms with Gasteiger partial charge in [-0.2, -0.15) is 0 Å². The van der Waals surface area contributed by atoms with Gasteiger partial charge in [-0.3, -0.25) is 47.9 Å². The maximum absolute atomic E-state index is 14.8. The van der Waals surface area contributed by atoms with E-state index in [2.05, 4.69) is 54.8 Å². The van der Waals surface area contributed by atoms with Gasteiger partial charge in [-0.1, -0.05) is 121 Å². The second-order valence-corrected chi connectivity index (χ2v) is 22.5. The van der Waals surface area contributed by atoms with Crippen molar-refractivity contribution < 1.29 is 77.9 Å². The Kier molecular flexibility index (Phi) is 33.5. The Bertz CT molecular complexity index is 2040. The molecule has 0 aromatic heterocycles. The predicted octanol–water partition coefficient (Wildman–Crippen LogP) is 0.486. The molecule has 1 aliphatic rings.